The molecule has 0 aliphatic carbocycles. The summed E-state index contributed by atoms with van der Waals surface area (Å²) >= 11 is 0. The zero-order valence-corrected chi connectivity index (χ0v) is 12.9. The Balaban J connectivity index is 1.91. The van der Waals surface area contributed by atoms with Crippen LogP contribution in [-0.2, 0) is 4.79 Å². The third-order valence-electron chi connectivity index (χ3n) is 4.12. The summed E-state index contributed by atoms with van der Waals surface area (Å²) in [6, 6.07) is 8.22. The fraction of sp³-hybridized carbons (Fsp3) is 0.176. The van der Waals surface area contributed by atoms with Crippen LogP contribution in [0.5, 0.6) is 0 Å². The highest BCUT2D eigenvalue weighted by Crippen LogP contribution is 2.40. The molecule has 120 valence electrons. The zero-order valence-electron chi connectivity index (χ0n) is 12.9. The van der Waals surface area contributed by atoms with Crippen molar-refractivity contribution in [1.29, 1.82) is 0 Å². The number of rotatable bonds is 2. The first-order valence-electron chi connectivity index (χ1n) is 7.56. The lowest BCUT2D eigenvalue weighted by Crippen LogP contribution is -2.25. The molecule has 6 nitrogen and oxygen atoms in total. The summed E-state index contributed by atoms with van der Waals surface area (Å²) in [6.45, 7) is 1.84. The van der Waals surface area contributed by atoms with Gasteiger partial charge in [0, 0.05) is 30.3 Å². The predicted molar refractivity (Wildman–Crippen MR) is 85.4 cm³/mol. The minimum atomic E-state index is -0.382. The van der Waals surface area contributed by atoms with Crippen molar-refractivity contribution in [2.24, 2.45) is 0 Å². The topological polar surface area (TPSA) is 72.7 Å². The lowest BCUT2D eigenvalue weighted by Gasteiger charge is -2.24. The molecule has 1 aliphatic heterocycles. The summed E-state index contributed by atoms with van der Waals surface area (Å²) in [6.07, 6.45) is 3.38. The van der Waals surface area contributed by atoms with Crippen LogP contribution in [0.25, 0.3) is 5.95 Å². The molecule has 4 rings (SSSR count). The molecule has 7 heteroatoms. The third-order valence-corrected chi connectivity index (χ3v) is 4.12. The Morgan fingerprint density at radius 2 is 1.96 bits per heavy atom. The van der Waals surface area contributed by atoms with E-state index in [1.165, 1.54) is 10.7 Å². The Morgan fingerprint density at radius 1 is 1.21 bits per heavy atom. The lowest BCUT2D eigenvalue weighted by atomic mass is 9.85. The van der Waals surface area contributed by atoms with Crippen LogP contribution < -0.4 is 5.32 Å². The van der Waals surface area contributed by atoms with E-state index in [9.17, 15) is 9.18 Å². The molecule has 24 heavy (non-hydrogen) atoms. The van der Waals surface area contributed by atoms with Gasteiger partial charge in [0.25, 0.3) is 5.95 Å². The summed E-state index contributed by atoms with van der Waals surface area (Å²) in [5.41, 5.74) is 2.00. The Hall–Kier alpha value is -3.09. The van der Waals surface area contributed by atoms with Crippen molar-refractivity contribution in [2.45, 2.75) is 19.3 Å². The zero-order chi connectivity index (χ0) is 16.7. The fourth-order valence-corrected chi connectivity index (χ4v) is 3.12. The minimum Gasteiger partial charge on any atom is -0.310 e. The second-order valence-corrected chi connectivity index (χ2v) is 5.63. The number of halogens is 1. The number of hydrogen-bond donors (Lipinski definition) is 1. The van der Waals surface area contributed by atoms with Crippen LogP contribution in [0.15, 0.2) is 42.7 Å². The van der Waals surface area contributed by atoms with E-state index in [1.54, 1.807) is 36.7 Å². The largest absolute Gasteiger partial charge is 0.310 e. The predicted octanol–water partition coefficient (Wildman–Crippen LogP) is 2.58. The standard InChI is InChI=1S/C17H14FN5O/c1-10-15-12(11-5-2-3-6-13(11)18)9-14(24)21-16(15)23(22-10)17-19-7-4-8-20-17/h2-8,12H,9H2,1H3,(H,21,24). The first-order chi connectivity index (χ1) is 11.6. The van der Waals surface area contributed by atoms with Crippen LogP contribution in [-0.4, -0.2) is 25.7 Å². The van der Waals surface area contributed by atoms with E-state index in [4.69, 9.17) is 0 Å². The highest BCUT2D eigenvalue weighted by molar-refractivity contribution is 5.95. The van der Waals surface area contributed by atoms with E-state index in [1.807, 2.05) is 6.92 Å². The van der Waals surface area contributed by atoms with Crippen LogP contribution in [0, 0.1) is 12.7 Å². The molecule has 0 radical (unpaired) electrons. The monoisotopic (exact) mass is 323 g/mol. The third kappa shape index (κ3) is 2.25. The number of anilines is 1. The van der Waals surface area contributed by atoms with Crippen molar-refractivity contribution in [1.82, 2.24) is 19.7 Å². The van der Waals surface area contributed by atoms with E-state index < -0.39 is 0 Å². The molecule has 0 bridgehead atoms. The van der Waals surface area contributed by atoms with Crippen molar-refractivity contribution < 1.29 is 9.18 Å². The average Bonchev–Trinajstić information content (AvgIpc) is 2.92. The number of nitrogens with one attached hydrogen (secondary N) is 1. The lowest BCUT2D eigenvalue weighted by molar-refractivity contribution is -0.116. The summed E-state index contributed by atoms with van der Waals surface area (Å²) in [5, 5.41) is 7.28. The van der Waals surface area contributed by atoms with Gasteiger partial charge in [-0.15, -0.1) is 0 Å². The molecule has 1 aromatic carbocycles. The summed E-state index contributed by atoms with van der Waals surface area (Å²) in [4.78, 5) is 20.5. The Labute approximate surface area is 137 Å². The molecule has 1 amide bonds. The molecule has 1 aliphatic rings. The molecule has 0 saturated carbocycles. The van der Waals surface area contributed by atoms with Gasteiger partial charge in [0.05, 0.1) is 5.69 Å². The molecule has 3 heterocycles. The maximum Gasteiger partial charge on any atom is 0.252 e. The van der Waals surface area contributed by atoms with Crippen molar-refractivity contribution in [3.8, 4) is 5.95 Å². The second kappa shape index (κ2) is 5.52. The molecule has 0 saturated heterocycles. The summed E-state index contributed by atoms with van der Waals surface area (Å²) in [5.74, 6) is -0.0361. The quantitative estimate of drug-likeness (QED) is 0.787. The number of carbonyl (C=O) groups excluding carboxylic acids is 1. The Kier molecular flexibility index (Phi) is 3.34. The number of hydrogen-bond acceptors (Lipinski definition) is 4. The van der Waals surface area contributed by atoms with Crippen molar-refractivity contribution in [3.05, 3.63) is 65.4 Å². The highest BCUT2D eigenvalue weighted by Gasteiger charge is 2.34. The minimum absolute atomic E-state index is 0.177. The molecular weight excluding hydrogens is 309 g/mol. The molecule has 0 fully saturated rings. The van der Waals surface area contributed by atoms with Gasteiger partial charge in [-0.3, -0.25) is 4.79 Å². The fourth-order valence-electron chi connectivity index (χ4n) is 3.12. The summed E-state index contributed by atoms with van der Waals surface area (Å²) in [7, 11) is 0. The van der Waals surface area contributed by atoms with Gasteiger partial charge in [0.1, 0.15) is 11.6 Å². The van der Waals surface area contributed by atoms with Crippen molar-refractivity contribution in [2.75, 3.05) is 5.32 Å². The van der Waals surface area contributed by atoms with E-state index in [0.29, 0.717) is 23.0 Å². The smallest absolute Gasteiger partial charge is 0.252 e. The van der Waals surface area contributed by atoms with Gasteiger partial charge in [0.15, 0.2) is 0 Å². The molecule has 1 atom stereocenters. The van der Waals surface area contributed by atoms with Crippen LogP contribution >= 0.6 is 0 Å². The first kappa shape index (κ1) is 14.5. The van der Waals surface area contributed by atoms with Crippen molar-refractivity contribution in [3.63, 3.8) is 0 Å². The molecule has 0 spiro atoms. The van der Waals surface area contributed by atoms with Crippen LogP contribution in [0.3, 0.4) is 0 Å². The molecule has 2 aromatic heterocycles. The van der Waals surface area contributed by atoms with Gasteiger partial charge >= 0.3 is 0 Å². The summed E-state index contributed by atoms with van der Waals surface area (Å²) < 4.78 is 15.8. The van der Waals surface area contributed by atoms with Gasteiger partial charge in [-0.05, 0) is 24.6 Å². The van der Waals surface area contributed by atoms with E-state index in [0.717, 1.165) is 5.56 Å². The van der Waals surface area contributed by atoms with E-state index in [2.05, 4.69) is 20.4 Å². The van der Waals surface area contributed by atoms with E-state index >= 15 is 0 Å². The number of amides is 1. The first-order valence-corrected chi connectivity index (χ1v) is 7.56. The maximum absolute atomic E-state index is 14.3. The molecule has 1 N–H and O–H groups in total. The highest BCUT2D eigenvalue weighted by atomic mass is 19.1. The number of fused-ring (bicyclic) bond motifs is 1. The Bertz CT molecular complexity index is 922. The number of benzene rings is 1. The average molecular weight is 323 g/mol. The molecule has 1 unspecified atom stereocenters. The van der Waals surface area contributed by atoms with Gasteiger partial charge in [-0.2, -0.15) is 9.78 Å². The SMILES string of the molecule is Cc1nn(-c2ncccn2)c2c1C(c1ccccc1F)CC(=O)N2. The normalized spacial score (nSPS) is 16.6. The number of aromatic nitrogens is 4. The van der Waals surface area contributed by atoms with Crippen molar-refractivity contribution >= 4 is 11.7 Å². The van der Waals surface area contributed by atoms with Gasteiger partial charge in [0.2, 0.25) is 5.91 Å². The van der Waals surface area contributed by atoms with Gasteiger partial charge in [-0.25, -0.2) is 14.4 Å². The maximum atomic E-state index is 14.3. The Morgan fingerprint density at radius 3 is 2.71 bits per heavy atom. The number of aryl methyl sites for hydroxylation is 1. The van der Waals surface area contributed by atoms with Crippen LogP contribution in [0.4, 0.5) is 10.2 Å². The second-order valence-electron chi connectivity index (χ2n) is 5.63. The van der Waals surface area contributed by atoms with Crippen LogP contribution in [0.1, 0.15) is 29.2 Å². The molecular formula is C17H14FN5O. The van der Waals surface area contributed by atoms with E-state index in [-0.39, 0.29) is 24.1 Å². The van der Waals surface area contributed by atoms with Crippen LogP contribution in [0.2, 0.25) is 0 Å². The number of nitrogens with zero attached hydrogens (tertiary/aromatic N) is 4. The molecule has 3 aromatic rings. The van der Waals surface area contributed by atoms with Gasteiger partial charge in [-0.1, -0.05) is 18.2 Å². The van der Waals surface area contributed by atoms with Gasteiger partial charge < -0.3 is 5.32 Å². The number of carbonyl (C=O) groups is 1.